The van der Waals surface area contributed by atoms with Crippen LogP contribution in [0.25, 0.3) is 11.1 Å². The Morgan fingerprint density at radius 2 is 2.06 bits per heavy atom. The Kier molecular flexibility index (Phi) is 3.31. The lowest BCUT2D eigenvalue weighted by Gasteiger charge is -2.03. The summed E-state index contributed by atoms with van der Waals surface area (Å²) in [6, 6.07) is 8.96. The van der Waals surface area contributed by atoms with Crippen molar-refractivity contribution in [1.29, 1.82) is 5.26 Å². The van der Waals surface area contributed by atoms with Crippen molar-refractivity contribution in [3.05, 3.63) is 40.1 Å². The standard InChI is InChI=1S/C13H9NO3S/c1-17-9-4-2-8(3-5-9)10-7-18-11(6-14)12(10)13(15)16/h2-5,7H,1H3,(H,15,16). The van der Waals surface area contributed by atoms with E-state index in [-0.39, 0.29) is 10.4 Å². The second kappa shape index (κ2) is 4.90. The average Bonchev–Trinajstić information content (AvgIpc) is 2.82. The Morgan fingerprint density at radius 1 is 1.39 bits per heavy atom. The van der Waals surface area contributed by atoms with E-state index in [1.165, 1.54) is 0 Å². The highest BCUT2D eigenvalue weighted by atomic mass is 32.1. The Labute approximate surface area is 108 Å². The van der Waals surface area contributed by atoms with Gasteiger partial charge in [0.15, 0.2) is 0 Å². The van der Waals surface area contributed by atoms with Gasteiger partial charge in [-0.25, -0.2) is 4.79 Å². The molecule has 0 amide bonds. The number of benzene rings is 1. The van der Waals surface area contributed by atoms with Gasteiger partial charge in [-0.05, 0) is 17.7 Å². The molecule has 0 radical (unpaired) electrons. The first kappa shape index (κ1) is 12.1. The molecule has 0 saturated carbocycles. The van der Waals surface area contributed by atoms with Crippen molar-refractivity contribution in [2.24, 2.45) is 0 Å². The van der Waals surface area contributed by atoms with Crippen LogP contribution in [-0.4, -0.2) is 18.2 Å². The predicted octanol–water partition coefficient (Wildman–Crippen LogP) is 2.99. The van der Waals surface area contributed by atoms with Crippen LogP contribution in [0, 0.1) is 11.3 Å². The molecule has 0 unspecified atom stereocenters. The van der Waals surface area contributed by atoms with E-state index in [0.29, 0.717) is 11.3 Å². The summed E-state index contributed by atoms with van der Waals surface area (Å²) in [7, 11) is 1.57. The van der Waals surface area contributed by atoms with Gasteiger partial charge in [-0.15, -0.1) is 11.3 Å². The van der Waals surface area contributed by atoms with Gasteiger partial charge in [0.1, 0.15) is 16.7 Å². The number of carboxylic acid groups (broad SMARTS) is 1. The van der Waals surface area contributed by atoms with Gasteiger partial charge in [-0.3, -0.25) is 0 Å². The summed E-state index contributed by atoms with van der Waals surface area (Å²) < 4.78 is 5.04. The molecule has 0 saturated heterocycles. The first-order valence-corrected chi connectivity index (χ1v) is 5.94. The quantitative estimate of drug-likeness (QED) is 0.919. The van der Waals surface area contributed by atoms with Crippen LogP contribution in [0.3, 0.4) is 0 Å². The molecule has 1 aromatic carbocycles. The molecule has 18 heavy (non-hydrogen) atoms. The smallest absolute Gasteiger partial charge is 0.338 e. The monoisotopic (exact) mass is 259 g/mol. The summed E-state index contributed by atoms with van der Waals surface area (Å²) in [5.41, 5.74) is 1.38. The van der Waals surface area contributed by atoms with Gasteiger partial charge in [-0.1, -0.05) is 12.1 Å². The first-order chi connectivity index (χ1) is 8.67. The van der Waals surface area contributed by atoms with Crippen LogP contribution in [0.2, 0.25) is 0 Å². The molecule has 90 valence electrons. The van der Waals surface area contributed by atoms with Crippen LogP contribution >= 0.6 is 11.3 Å². The number of methoxy groups -OCH3 is 1. The molecule has 1 heterocycles. The van der Waals surface area contributed by atoms with Crippen LogP contribution in [0.1, 0.15) is 15.2 Å². The van der Waals surface area contributed by atoms with Crippen LogP contribution in [0.4, 0.5) is 0 Å². The fourth-order valence-corrected chi connectivity index (χ4v) is 2.49. The Bertz CT molecular complexity index is 623. The van der Waals surface area contributed by atoms with Crippen molar-refractivity contribution in [3.63, 3.8) is 0 Å². The minimum atomic E-state index is -1.08. The van der Waals surface area contributed by atoms with Crippen molar-refractivity contribution >= 4 is 17.3 Å². The van der Waals surface area contributed by atoms with Crippen LogP contribution in [-0.2, 0) is 0 Å². The average molecular weight is 259 g/mol. The van der Waals surface area contributed by atoms with Gasteiger partial charge in [0.25, 0.3) is 0 Å². The maximum absolute atomic E-state index is 11.2. The summed E-state index contributed by atoms with van der Waals surface area (Å²) in [4.78, 5) is 11.4. The number of thiophene rings is 1. The maximum atomic E-state index is 11.2. The molecular formula is C13H9NO3S. The minimum Gasteiger partial charge on any atom is -0.497 e. The molecule has 0 aliphatic heterocycles. The van der Waals surface area contributed by atoms with Crippen molar-refractivity contribution in [2.75, 3.05) is 7.11 Å². The van der Waals surface area contributed by atoms with Gasteiger partial charge in [0.05, 0.1) is 12.7 Å². The molecule has 0 bridgehead atoms. The highest BCUT2D eigenvalue weighted by Crippen LogP contribution is 2.32. The third kappa shape index (κ3) is 2.06. The second-order valence-corrected chi connectivity index (χ2v) is 4.38. The molecule has 4 nitrogen and oxygen atoms in total. The fourth-order valence-electron chi connectivity index (χ4n) is 1.64. The van der Waals surface area contributed by atoms with E-state index in [9.17, 15) is 4.79 Å². The molecule has 5 heteroatoms. The Hall–Kier alpha value is -2.32. The highest BCUT2D eigenvalue weighted by molar-refractivity contribution is 7.11. The summed E-state index contributed by atoms with van der Waals surface area (Å²) in [5, 5.41) is 19.7. The number of nitrogens with zero attached hydrogens (tertiary/aromatic N) is 1. The minimum absolute atomic E-state index is 0.0627. The van der Waals surface area contributed by atoms with Gasteiger partial charge < -0.3 is 9.84 Å². The first-order valence-electron chi connectivity index (χ1n) is 5.06. The van der Waals surface area contributed by atoms with E-state index >= 15 is 0 Å². The lowest BCUT2D eigenvalue weighted by atomic mass is 10.0. The molecule has 1 aromatic heterocycles. The summed E-state index contributed by atoms with van der Waals surface area (Å²) in [6.07, 6.45) is 0. The lowest BCUT2D eigenvalue weighted by molar-refractivity contribution is 0.0698. The van der Waals surface area contributed by atoms with Gasteiger partial charge in [-0.2, -0.15) is 5.26 Å². The van der Waals surface area contributed by atoms with E-state index in [1.807, 2.05) is 6.07 Å². The van der Waals surface area contributed by atoms with E-state index in [0.717, 1.165) is 16.9 Å². The number of nitriles is 1. The van der Waals surface area contributed by atoms with E-state index in [1.54, 1.807) is 36.8 Å². The van der Waals surface area contributed by atoms with E-state index < -0.39 is 5.97 Å². The Morgan fingerprint density at radius 3 is 2.56 bits per heavy atom. The summed E-state index contributed by atoms with van der Waals surface area (Å²) in [6.45, 7) is 0. The number of aromatic carboxylic acids is 1. The zero-order valence-corrected chi connectivity index (χ0v) is 10.3. The van der Waals surface area contributed by atoms with Crippen LogP contribution in [0.15, 0.2) is 29.6 Å². The van der Waals surface area contributed by atoms with Gasteiger partial charge >= 0.3 is 5.97 Å². The van der Waals surface area contributed by atoms with Crippen LogP contribution in [0.5, 0.6) is 5.75 Å². The molecule has 0 aliphatic carbocycles. The third-order valence-corrected chi connectivity index (χ3v) is 3.39. The van der Waals surface area contributed by atoms with Gasteiger partial charge in [0, 0.05) is 10.9 Å². The number of rotatable bonds is 3. The molecule has 0 fully saturated rings. The summed E-state index contributed by atoms with van der Waals surface area (Å²) in [5.74, 6) is -0.384. The van der Waals surface area contributed by atoms with Crippen molar-refractivity contribution in [2.45, 2.75) is 0 Å². The molecule has 2 rings (SSSR count). The second-order valence-electron chi connectivity index (χ2n) is 3.50. The van der Waals surface area contributed by atoms with Crippen molar-refractivity contribution in [3.8, 4) is 22.9 Å². The molecular weight excluding hydrogens is 250 g/mol. The zero-order valence-electron chi connectivity index (χ0n) is 9.51. The number of hydrogen-bond acceptors (Lipinski definition) is 4. The SMILES string of the molecule is COc1ccc(-c2csc(C#N)c2C(=O)O)cc1. The number of carboxylic acids is 1. The van der Waals surface area contributed by atoms with E-state index in [4.69, 9.17) is 15.1 Å². The molecule has 0 spiro atoms. The molecule has 2 aromatic rings. The van der Waals surface area contributed by atoms with Crippen molar-refractivity contribution in [1.82, 2.24) is 0 Å². The van der Waals surface area contributed by atoms with Gasteiger partial charge in [0.2, 0.25) is 0 Å². The fraction of sp³-hybridized carbons (Fsp3) is 0.0769. The number of ether oxygens (including phenoxy) is 1. The molecule has 0 aliphatic rings. The Balaban J connectivity index is 2.53. The maximum Gasteiger partial charge on any atom is 0.338 e. The zero-order chi connectivity index (χ0) is 13.1. The number of hydrogen-bond donors (Lipinski definition) is 1. The third-order valence-electron chi connectivity index (χ3n) is 2.51. The largest absolute Gasteiger partial charge is 0.497 e. The normalized spacial score (nSPS) is 9.78. The summed E-state index contributed by atoms with van der Waals surface area (Å²) >= 11 is 1.14. The predicted molar refractivity (Wildman–Crippen MR) is 68.0 cm³/mol. The van der Waals surface area contributed by atoms with Crippen LogP contribution < -0.4 is 4.74 Å². The molecule has 1 N–H and O–H groups in total. The number of carbonyl (C=O) groups is 1. The highest BCUT2D eigenvalue weighted by Gasteiger charge is 2.19. The topological polar surface area (TPSA) is 70.3 Å². The molecule has 0 atom stereocenters. The lowest BCUT2D eigenvalue weighted by Crippen LogP contribution is -1.98. The van der Waals surface area contributed by atoms with E-state index in [2.05, 4.69) is 0 Å². The van der Waals surface area contributed by atoms with Crippen molar-refractivity contribution < 1.29 is 14.6 Å².